The van der Waals surface area contributed by atoms with Crippen LogP contribution in [-0.4, -0.2) is 27.5 Å². The number of amides is 1. The molecule has 0 bridgehead atoms. The second kappa shape index (κ2) is 6.50. The number of fused-ring (bicyclic) bond motifs is 2. The number of hydrogen-bond acceptors (Lipinski definition) is 7. The van der Waals surface area contributed by atoms with Gasteiger partial charge in [-0.05, 0) is 31.5 Å². The van der Waals surface area contributed by atoms with Crippen molar-refractivity contribution in [3.05, 3.63) is 45.3 Å². The van der Waals surface area contributed by atoms with Gasteiger partial charge in [0.25, 0.3) is 11.5 Å². The van der Waals surface area contributed by atoms with Gasteiger partial charge in [0.15, 0.2) is 5.13 Å². The molecule has 1 aromatic carbocycles. The van der Waals surface area contributed by atoms with Gasteiger partial charge in [-0.3, -0.25) is 14.9 Å². The number of hydrogen-bond donors (Lipinski definition) is 2. The average Bonchev–Trinajstić information content (AvgIpc) is 3.17. The number of ether oxygens (including phenoxy) is 1. The average molecular weight is 386 g/mol. The Bertz CT molecular complexity index is 1190. The molecule has 0 aliphatic carbocycles. The maximum absolute atomic E-state index is 12.7. The minimum Gasteiger partial charge on any atom is -0.492 e. The van der Waals surface area contributed by atoms with Crippen LogP contribution in [0.5, 0.6) is 5.75 Å². The van der Waals surface area contributed by atoms with Gasteiger partial charge in [-0.1, -0.05) is 17.4 Å². The lowest BCUT2D eigenvalue weighted by molar-refractivity contribution is 0.103. The van der Waals surface area contributed by atoms with E-state index in [1.54, 1.807) is 6.92 Å². The van der Waals surface area contributed by atoms with Gasteiger partial charge in [0, 0.05) is 0 Å². The minimum atomic E-state index is -0.304. The van der Waals surface area contributed by atoms with E-state index in [0.717, 1.165) is 10.2 Å². The van der Waals surface area contributed by atoms with Gasteiger partial charge in [0.05, 0.1) is 27.9 Å². The van der Waals surface area contributed by atoms with Crippen LogP contribution in [0.3, 0.4) is 0 Å². The summed E-state index contributed by atoms with van der Waals surface area (Å²) < 4.78 is 6.51. The fourth-order valence-corrected chi connectivity index (χ4v) is 4.62. The van der Waals surface area contributed by atoms with E-state index in [1.165, 1.54) is 29.0 Å². The number of thiazole rings is 1. The van der Waals surface area contributed by atoms with Crippen molar-refractivity contribution in [3.63, 3.8) is 0 Å². The number of nitrogens with zero attached hydrogens (tertiary/aromatic N) is 2. The van der Waals surface area contributed by atoms with Gasteiger partial charge in [-0.25, -0.2) is 9.97 Å². The van der Waals surface area contributed by atoms with E-state index in [4.69, 9.17) is 4.74 Å². The lowest BCUT2D eigenvalue weighted by Gasteiger charge is -2.02. The molecule has 0 unspecified atom stereocenters. The molecule has 4 aromatic rings. The molecule has 2 N–H and O–H groups in total. The SMILES string of the molecule is CCOc1cccc2sc(NC(=O)c3sc4nc[nH]c(=O)c4c3C)nc12. The first kappa shape index (κ1) is 16.7. The summed E-state index contributed by atoms with van der Waals surface area (Å²) in [6.07, 6.45) is 1.34. The molecule has 0 aliphatic heterocycles. The molecule has 3 heterocycles. The molecule has 0 saturated heterocycles. The Kier molecular flexibility index (Phi) is 4.17. The normalized spacial score (nSPS) is 11.2. The third kappa shape index (κ3) is 2.74. The summed E-state index contributed by atoms with van der Waals surface area (Å²) in [4.78, 5) is 36.8. The molecule has 0 saturated carbocycles. The van der Waals surface area contributed by atoms with Crippen LogP contribution in [0.2, 0.25) is 0 Å². The van der Waals surface area contributed by atoms with Gasteiger partial charge in [0.1, 0.15) is 16.1 Å². The molecule has 0 atom stereocenters. The number of H-pyrrole nitrogens is 1. The highest BCUT2D eigenvalue weighted by atomic mass is 32.1. The van der Waals surface area contributed by atoms with Crippen molar-refractivity contribution < 1.29 is 9.53 Å². The number of aryl methyl sites for hydroxylation is 1. The van der Waals surface area contributed by atoms with Crippen molar-refractivity contribution in [2.45, 2.75) is 13.8 Å². The van der Waals surface area contributed by atoms with E-state index in [-0.39, 0.29) is 11.5 Å². The molecule has 4 rings (SSSR count). The lowest BCUT2D eigenvalue weighted by atomic mass is 10.2. The van der Waals surface area contributed by atoms with E-state index in [0.29, 0.717) is 38.1 Å². The van der Waals surface area contributed by atoms with Crippen molar-refractivity contribution in [1.29, 1.82) is 0 Å². The third-order valence-electron chi connectivity index (χ3n) is 3.84. The highest BCUT2D eigenvalue weighted by molar-refractivity contribution is 7.23. The Balaban J connectivity index is 1.70. The number of para-hydroxylation sites is 1. The zero-order valence-corrected chi connectivity index (χ0v) is 15.6. The number of benzene rings is 1. The lowest BCUT2D eigenvalue weighted by Crippen LogP contribution is -2.12. The predicted molar refractivity (Wildman–Crippen MR) is 104 cm³/mol. The Morgan fingerprint density at radius 3 is 2.96 bits per heavy atom. The van der Waals surface area contributed by atoms with Crippen LogP contribution in [-0.2, 0) is 0 Å². The third-order valence-corrected chi connectivity index (χ3v) is 5.98. The fourth-order valence-electron chi connectivity index (χ4n) is 2.70. The van der Waals surface area contributed by atoms with E-state index in [2.05, 4.69) is 20.3 Å². The summed E-state index contributed by atoms with van der Waals surface area (Å²) in [5.74, 6) is 0.387. The summed E-state index contributed by atoms with van der Waals surface area (Å²) in [5.41, 5.74) is 1.10. The first-order chi connectivity index (χ1) is 12.6. The molecule has 132 valence electrons. The summed E-state index contributed by atoms with van der Waals surface area (Å²) in [6, 6.07) is 5.68. The smallest absolute Gasteiger partial charge is 0.267 e. The maximum Gasteiger partial charge on any atom is 0.267 e. The van der Waals surface area contributed by atoms with Gasteiger partial charge < -0.3 is 9.72 Å². The topological polar surface area (TPSA) is 97.0 Å². The minimum absolute atomic E-state index is 0.246. The second-order valence-electron chi connectivity index (χ2n) is 5.48. The largest absolute Gasteiger partial charge is 0.492 e. The molecular formula is C17H14N4O3S2. The highest BCUT2D eigenvalue weighted by Crippen LogP contribution is 2.33. The molecule has 0 spiro atoms. The molecule has 3 aromatic heterocycles. The van der Waals surface area contributed by atoms with E-state index in [1.807, 2.05) is 25.1 Å². The summed E-state index contributed by atoms with van der Waals surface area (Å²) in [5, 5.41) is 3.75. The van der Waals surface area contributed by atoms with E-state index in [9.17, 15) is 9.59 Å². The summed E-state index contributed by atoms with van der Waals surface area (Å²) in [7, 11) is 0. The predicted octanol–water partition coefficient (Wildman–Crippen LogP) is 3.55. The highest BCUT2D eigenvalue weighted by Gasteiger charge is 2.20. The summed E-state index contributed by atoms with van der Waals surface area (Å²) >= 11 is 2.57. The van der Waals surface area contributed by atoms with Crippen molar-refractivity contribution in [2.75, 3.05) is 11.9 Å². The van der Waals surface area contributed by atoms with Crippen LogP contribution in [0.4, 0.5) is 5.13 Å². The number of rotatable bonds is 4. The van der Waals surface area contributed by atoms with Crippen molar-refractivity contribution in [3.8, 4) is 5.75 Å². The molecular weight excluding hydrogens is 372 g/mol. The Labute approximate surface area is 155 Å². The van der Waals surface area contributed by atoms with Crippen LogP contribution in [0.1, 0.15) is 22.2 Å². The van der Waals surface area contributed by atoms with E-state index < -0.39 is 0 Å². The Morgan fingerprint density at radius 1 is 1.35 bits per heavy atom. The standard InChI is InChI=1S/C17H14N4O3S2/c1-3-24-9-5-4-6-10-12(9)20-17(25-10)21-15(23)13-8(2)11-14(22)18-7-19-16(11)26-13/h4-7H,3H2,1-2H3,(H,18,19,22)(H,20,21,23). The van der Waals surface area contributed by atoms with Crippen LogP contribution in [0.15, 0.2) is 29.3 Å². The number of aromatic amines is 1. The molecule has 1 amide bonds. The zero-order chi connectivity index (χ0) is 18.3. The number of anilines is 1. The first-order valence-corrected chi connectivity index (χ1v) is 9.52. The van der Waals surface area contributed by atoms with Gasteiger partial charge in [-0.2, -0.15) is 0 Å². The molecule has 7 nitrogen and oxygen atoms in total. The summed E-state index contributed by atoms with van der Waals surface area (Å²) in [6.45, 7) is 4.20. The van der Waals surface area contributed by atoms with E-state index >= 15 is 0 Å². The molecule has 0 aliphatic rings. The van der Waals surface area contributed by atoms with Crippen molar-refractivity contribution >= 4 is 54.1 Å². The second-order valence-corrected chi connectivity index (χ2v) is 7.51. The fraction of sp³-hybridized carbons (Fsp3) is 0.176. The van der Waals surface area contributed by atoms with Crippen LogP contribution in [0, 0.1) is 6.92 Å². The Morgan fingerprint density at radius 2 is 2.19 bits per heavy atom. The van der Waals surface area contributed by atoms with Crippen LogP contribution < -0.4 is 15.6 Å². The van der Waals surface area contributed by atoms with Crippen molar-refractivity contribution in [1.82, 2.24) is 15.0 Å². The molecule has 0 radical (unpaired) electrons. The van der Waals surface area contributed by atoms with Crippen LogP contribution in [0.25, 0.3) is 20.4 Å². The monoisotopic (exact) mass is 386 g/mol. The quantitative estimate of drug-likeness (QED) is 0.559. The zero-order valence-electron chi connectivity index (χ0n) is 14.0. The first-order valence-electron chi connectivity index (χ1n) is 7.89. The van der Waals surface area contributed by atoms with Gasteiger partial charge in [0.2, 0.25) is 0 Å². The number of thiophene rings is 1. The van der Waals surface area contributed by atoms with Gasteiger partial charge in [-0.15, -0.1) is 11.3 Å². The van der Waals surface area contributed by atoms with Crippen molar-refractivity contribution in [2.24, 2.45) is 0 Å². The molecule has 9 heteroatoms. The number of nitrogens with one attached hydrogen (secondary N) is 2. The maximum atomic E-state index is 12.7. The van der Waals surface area contributed by atoms with Crippen LogP contribution >= 0.6 is 22.7 Å². The number of carbonyl (C=O) groups is 1. The molecule has 0 fully saturated rings. The van der Waals surface area contributed by atoms with Gasteiger partial charge >= 0.3 is 0 Å². The molecule has 26 heavy (non-hydrogen) atoms. The Hall–Kier alpha value is -2.78. The number of aromatic nitrogens is 3. The number of carbonyl (C=O) groups excluding carboxylic acids is 1.